The van der Waals surface area contributed by atoms with Crippen LogP contribution in [0.3, 0.4) is 0 Å². The van der Waals surface area contributed by atoms with Gasteiger partial charge in [0, 0.05) is 26.2 Å². The number of hydrazine groups is 1. The Labute approximate surface area is 85.9 Å². The molecule has 0 aromatic carbocycles. The fraction of sp³-hybridized carbons (Fsp3) is 0.889. The van der Waals surface area contributed by atoms with Crippen molar-refractivity contribution in [1.82, 2.24) is 15.2 Å². The average Bonchev–Trinajstić information content (AvgIpc) is 2.20. The first-order valence-electron chi connectivity index (χ1n) is 5.03. The van der Waals surface area contributed by atoms with Gasteiger partial charge in [-0.15, -0.1) is 0 Å². The lowest BCUT2D eigenvalue weighted by Gasteiger charge is -2.36. The molecule has 0 atom stereocenters. The van der Waals surface area contributed by atoms with Crippen LogP contribution < -0.4 is 11.3 Å². The first-order valence-corrected chi connectivity index (χ1v) is 5.03. The van der Waals surface area contributed by atoms with Crippen molar-refractivity contribution >= 4 is 5.96 Å². The summed E-state index contributed by atoms with van der Waals surface area (Å²) in [4.78, 5) is 8.58. The number of hydrogen-bond donors (Lipinski definition) is 2. The average molecular weight is 199 g/mol. The molecule has 1 aliphatic rings. The maximum absolute atomic E-state index is 5.38. The number of nitrogens with one attached hydrogen (secondary N) is 1. The van der Waals surface area contributed by atoms with E-state index in [4.69, 9.17) is 5.84 Å². The van der Waals surface area contributed by atoms with Gasteiger partial charge in [-0.05, 0) is 26.9 Å². The van der Waals surface area contributed by atoms with Crippen LogP contribution in [-0.2, 0) is 0 Å². The first-order chi connectivity index (χ1) is 6.69. The lowest BCUT2D eigenvalue weighted by atomic mass is 10.0. The highest BCUT2D eigenvalue weighted by Gasteiger charge is 2.21. The molecule has 0 saturated carbocycles. The third kappa shape index (κ3) is 2.59. The zero-order valence-electron chi connectivity index (χ0n) is 9.32. The lowest BCUT2D eigenvalue weighted by Crippen LogP contribution is -2.50. The molecule has 14 heavy (non-hydrogen) atoms. The number of piperidine rings is 1. The highest BCUT2D eigenvalue weighted by Crippen LogP contribution is 2.13. The molecule has 0 amide bonds. The molecule has 3 N–H and O–H groups in total. The van der Waals surface area contributed by atoms with Crippen LogP contribution in [0.1, 0.15) is 12.8 Å². The van der Waals surface area contributed by atoms with Crippen LogP contribution in [0.15, 0.2) is 4.99 Å². The summed E-state index contributed by atoms with van der Waals surface area (Å²) in [7, 11) is 6.03. The van der Waals surface area contributed by atoms with E-state index in [1.54, 1.807) is 7.05 Å². The minimum absolute atomic E-state index is 0.696. The van der Waals surface area contributed by atoms with Crippen LogP contribution in [0.25, 0.3) is 0 Å². The van der Waals surface area contributed by atoms with E-state index < -0.39 is 0 Å². The van der Waals surface area contributed by atoms with E-state index in [1.807, 2.05) is 0 Å². The Hall–Kier alpha value is -0.810. The molecule has 0 spiro atoms. The van der Waals surface area contributed by atoms with Crippen molar-refractivity contribution in [3.05, 3.63) is 0 Å². The standard InChI is InChI=1S/C9H21N5/c1-11-9(12-10)14-6-4-8(5-7-14)13(2)3/h8H,4-7,10H2,1-3H3,(H,11,12). The third-order valence-corrected chi connectivity index (χ3v) is 2.84. The quantitative estimate of drug-likeness (QED) is 0.258. The number of hydrogen-bond acceptors (Lipinski definition) is 3. The monoisotopic (exact) mass is 199 g/mol. The highest BCUT2D eigenvalue weighted by atomic mass is 15.4. The second-order valence-electron chi connectivity index (χ2n) is 3.87. The number of aliphatic imine (C=N–C) groups is 1. The number of nitrogens with two attached hydrogens (primary N) is 1. The van der Waals surface area contributed by atoms with Gasteiger partial charge in [0.05, 0.1) is 0 Å². The summed E-state index contributed by atoms with van der Waals surface area (Å²) in [5.74, 6) is 6.17. The molecule has 0 unspecified atom stereocenters. The van der Waals surface area contributed by atoms with Crippen LogP contribution in [0.4, 0.5) is 0 Å². The van der Waals surface area contributed by atoms with Gasteiger partial charge >= 0.3 is 0 Å². The summed E-state index contributed by atoms with van der Waals surface area (Å²) in [5, 5.41) is 0. The molecule has 1 rings (SSSR count). The van der Waals surface area contributed by atoms with E-state index >= 15 is 0 Å². The van der Waals surface area contributed by atoms with E-state index in [0.717, 1.165) is 19.0 Å². The first kappa shape index (κ1) is 11.3. The van der Waals surface area contributed by atoms with Crippen LogP contribution in [0.2, 0.25) is 0 Å². The maximum atomic E-state index is 5.38. The fourth-order valence-corrected chi connectivity index (χ4v) is 1.89. The second-order valence-corrected chi connectivity index (χ2v) is 3.87. The Bertz CT molecular complexity index is 193. The smallest absolute Gasteiger partial charge is 0.208 e. The molecule has 1 fully saturated rings. The lowest BCUT2D eigenvalue weighted by molar-refractivity contribution is 0.189. The Balaban J connectivity index is 2.42. The molecule has 82 valence electrons. The van der Waals surface area contributed by atoms with Crippen molar-refractivity contribution in [1.29, 1.82) is 0 Å². The molecular weight excluding hydrogens is 178 g/mol. The van der Waals surface area contributed by atoms with Crippen molar-refractivity contribution in [3.8, 4) is 0 Å². The van der Waals surface area contributed by atoms with Crippen molar-refractivity contribution < 1.29 is 0 Å². The molecule has 0 bridgehead atoms. The summed E-state index contributed by atoms with van der Waals surface area (Å²) in [6.07, 6.45) is 2.35. The Morgan fingerprint density at radius 1 is 1.43 bits per heavy atom. The van der Waals surface area contributed by atoms with Crippen molar-refractivity contribution in [2.45, 2.75) is 18.9 Å². The predicted molar refractivity (Wildman–Crippen MR) is 59.0 cm³/mol. The van der Waals surface area contributed by atoms with Crippen LogP contribution in [0, 0.1) is 0 Å². The van der Waals surface area contributed by atoms with E-state index in [1.165, 1.54) is 12.8 Å². The minimum Gasteiger partial charge on any atom is -0.342 e. The molecule has 0 aromatic rings. The SMILES string of the molecule is CN=C(NN)N1CCC(N(C)C)CC1. The van der Waals surface area contributed by atoms with E-state index in [2.05, 4.69) is 34.3 Å². The zero-order valence-corrected chi connectivity index (χ0v) is 9.32. The normalized spacial score (nSPS) is 20.4. The molecule has 1 heterocycles. The van der Waals surface area contributed by atoms with Gasteiger partial charge in [-0.3, -0.25) is 10.4 Å². The molecule has 0 aliphatic carbocycles. The summed E-state index contributed by atoms with van der Waals surface area (Å²) in [5.41, 5.74) is 2.63. The molecule has 0 aromatic heterocycles. The summed E-state index contributed by atoms with van der Waals surface area (Å²) >= 11 is 0. The number of rotatable bonds is 1. The van der Waals surface area contributed by atoms with Gasteiger partial charge in [-0.25, -0.2) is 5.84 Å². The summed E-state index contributed by atoms with van der Waals surface area (Å²) < 4.78 is 0. The molecule has 5 heteroatoms. The molecule has 1 saturated heterocycles. The fourth-order valence-electron chi connectivity index (χ4n) is 1.89. The van der Waals surface area contributed by atoms with Gasteiger partial charge in [0.15, 0.2) is 0 Å². The van der Waals surface area contributed by atoms with Gasteiger partial charge in [-0.1, -0.05) is 0 Å². The van der Waals surface area contributed by atoms with E-state index in [-0.39, 0.29) is 0 Å². The molecule has 0 radical (unpaired) electrons. The second kappa shape index (κ2) is 5.17. The van der Waals surface area contributed by atoms with Crippen LogP contribution in [-0.4, -0.2) is 56.0 Å². The molecular formula is C9H21N5. The highest BCUT2D eigenvalue weighted by molar-refractivity contribution is 5.79. The minimum atomic E-state index is 0.696. The topological polar surface area (TPSA) is 56.9 Å². The van der Waals surface area contributed by atoms with Crippen LogP contribution >= 0.6 is 0 Å². The van der Waals surface area contributed by atoms with Gasteiger partial charge in [0.1, 0.15) is 0 Å². The van der Waals surface area contributed by atoms with Crippen molar-refractivity contribution in [2.24, 2.45) is 10.8 Å². The summed E-state index contributed by atoms with van der Waals surface area (Å²) in [6.45, 7) is 2.05. The van der Waals surface area contributed by atoms with E-state index in [0.29, 0.717) is 6.04 Å². The van der Waals surface area contributed by atoms with Gasteiger partial charge in [0.25, 0.3) is 0 Å². The van der Waals surface area contributed by atoms with E-state index in [9.17, 15) is 0 Å². The Kier molecular flexibility index (Phi) is 4.16. The van der Waals surface area contributed by atoms with Gasteiger partial charge in [-0.2, -0.15) is 0 Å². The van der Waals surface area contributed by atoms with Crippen molar-refractivity contribution in [2.75, 3.05) is 34.2 Å². The third-order valence-electron chi connectivity index (χ3n) is 2.84. The largest absolute Gasteiger partial charge is 0.342 e. The number of guanidine groups is 1. The Morgan fingerprint density at radius 2 is 2.00 bits per heavy atom. The predicted octanol–water partition coefficient (Wildman–Crippen LogP) is -0.538. The summed E-state index contributed by atoms with van der Waals surface area (Å²) in [6, 6.07) is 0.696. The molecule has 5 nitrogen and oxygen atoms in total. The number of likely N-dealkylation sites (tertiary alicyclic amines) is 1. The van der Waals surface area contributed by atoms with Crippen LogP contribution in [0.5, 0.6) is 0 Å². The molecule has 1 aliphatic heterocycles. The van der Waals surface area contributed by atoms with Crippen molar-refractivity contribution in [3.63, 3.8) is 0 Å². The zero-order chi connectivity index (χ0) is 10.6. The van der Waals surface area contributed by atoms with Gasteiger partial charge in [0.2, 0.25) is 5.96 Å². The Morgan fingerprint density at radius 3 is 2.36 bits per heavy atom. The van der Waals surface area contributed by atoms with Gasteiger partial charge < -0.3 is 9.80 Å². The maximum Gasteiger partial charge on any atom is 0.208 e. The number of nitrogens with zero attached hydrogens (tertiary/aromatic N) is 3.